The third-order valence-corrected chi connectivity index (χ3v) is 4.06. The Balaban J connectivity index is 2.03. The minimum atomic E-state index is 0.0898. The lowest BCUT2D eigenvalue weighted by molar-refractivity contribution is 0.0455. The van der Waals surface area contributed by atoms with Crippen LogP contribution in [0, 0.1) is 11.8 Å². The van der Waals surface area contributed by atoms with Gasteiger partial charge in [0.2, 0.25) is 0 Å². The van der Waals surface area contributed by atoms with Crippen LogP contribution in [0.15, 0.2) is 18.2 Å². The van der Waals surface area contributed by atoms with Crippen LogP contribution in [0.25, 0.3) is 0 Å². The largest absolute Gasteiger partial charge is 0.495 e. The van der Waals surface area contributed by atoms with E-state index >= 15 is 0 Å². The standard InChI is InChI=1S/C15H18O3S/c1-17-15-6-5-12(11-19-14-9-18-10-14)8-13(15)4-2-3-7-16/h5-6,8,14,16H,3,7,9-11H2,1H3. The van der Waals surface area contributed by atoms with Crippen LogP contribution in [0.1, 0.15) is 17.5 Å². The van der Waals surface area contributed by atoms with Gasteiger partial charge in [-0.25, -0.2) is 0 Å². The van der Waals surface area contributed by atoms with Crippen LogP contribution in [0.5, 0.6) is 5.75 Å². The molecule has 1 fully saturated rings. The zero-order valence-corrected chi connectivity index (χ0v) is 11.8. The maximum atomic E-state index is 8.76. The summed E-state index contributed by atoms with van der Waals surface area (Å²) in [6.07, 6.45) is 0.488. The first kappa shape index (κ1) is 14.3. The van der Waals surface area contributed by atoms with Gasteiger partial charge in [-0.3, -0.25) is 0 Å². The van der Waals surface area contributed by atoms with Crippen LogP contribution < -0.4 is 4.74 Å². The highest BCUT2D eigenvalue weighted by Gasteiger charge is 2.18. The number of methoxy groups -OCH3 is 1. The van der Waals surface area contributed by atoms with Crippen molar-refractivity contribution in [1.82, 2.24) is 0 Å². The normalized spacial score (nSPS) is 14.4. The zero-order valence-electron chi connectivity index (χ0n) is 11.0. The third-order valence-electron chi connectivity index (χ3n) is 2.82. The quantitative estimate of drug-likeness (QED) is 0.837. The molecule has 0 bridgehead atoms. The Morgan fingerprint density at radius 3 is 2.95 bits per heavy atom. The molecule has 2 rings (SSSR count). The number of hydrogen-bond acceptors (Lipinski definition) is 4. The number of thioether (sulfide) groups is 1. The Hall–Kier alpha value is -1.15. The average Bonchev–Trinajstić information content (AvgIpc) is 2.37. The molecule has 1 aromatic carbocycles. The van der Waals surface area contributed by atoms with E-state index in [4.69, 9.17) is 14.6 Å². The number of rotatable bonds is 5. The van der Waals surface area contributed by atoms with Gasteiger partial charge in [-0.1, -0.05) is 17.9 Å². The van der Waals surface area contributed by atoms with Crippen molar-refractivity contribution < 1.29 is 14.6 Å². The van der Waals surface area contributed by atoms with Crippen molar-refractivity contribution in [3.63, 3.8) is 0 Å². The fourth-order valence-corrected chi connectivity index (χ4v) is 2.67. The fraction of sp³-hybridized carbons (Fsp3) is 0.467. The zero-order chi connectivity index (χ0) is 13.5. The van der Waals surface area contributed by atoms with Gasteiger partial charge in [-0.15, -0.1) is 11.8 Å². The maximum absolute atomic E-state index is 8.76. The predicted octanol–water partition coefficient (Wildman–Crippen LogP) is 2.06. The lowest BCUT2D eigenvalue weighted by Gasteiger charge is -2.25. The summed E-state index contributed by atoms with van der Waals surface area (Å²) in [5.41, 5.74) is 2.13. The van der Waals surface area contributed by atoms with E-state index in [-0.39, 0.29) is 6.61 Å². The van der Waals surface area contributed by atoms with Gasteiger partial charge in [0.15, 0.2) is 0 Å². The lowest BCUT2D eigenvalue weighted by atomic mass is 10.1. The summed E-state index contributed by atoms with van der Waals surface area (Å²) in [6, 6.07) is 6.09. The molecule has 0 atom stereocenters. The van der Waals surface area contributed by atoms with Gasteiger partial charge < -0.3 is 14.6 Å². The van der Waals surface area contributed by atoms with Crippen molar-refractivity contribution in [2.45, 2.75) is 17.4 Å². The first-order valence-corrected chi connectivity index (χ1v) is 7.34. The summed E-state index contributed by atoms with van der Waals surface area (Å²) in [7, 11) is 1.65. The van der Waals surface area contributed by atoms with E-state index in [1.165, 1.54) is 5.56 Å². The molecule has 0 radical (unpaired) electrons. The molecule has 0 saturated carbocycles. The number of aliphatic hydroxyl groups is 1. The smallest absolute Gasteiger partial charge is 0.134 e. The Bertz CT molecular complexity index is 472. The Morgan fingerprint density at radius 1 is 1.47 bits per heavy atom. The van der Waals surface area contributed by atoms with Crippen LogP contribution in [0.3, 0.4) is 0 Å². The van der Waals surface area contributed by atoms with Crippen LogP contribution in [0.4, 0.5) is 0 Å². The molecule has 1 heterocycles. The summed E-state index contributed by atoms with van der Waals surface area (Å²) >= 11 is 1.91. The molecule has 0 unspecified atom stereocenters. The van der Waals surface area contributed by atoms with Crippen LogP contribution in [-0.2, 0) is 10.5 Å². The van der Waals surface area contributed by atoms with Gasteiger partial charge in [-0.2, -0.15) is 0 Å². The predicted molar refractivity (Wildman–Crippen MR) is 77.5 cm³/mol. The highest BCUT2D eigenvalue weighted by Crippen LogP contribution is 2.26. The van der Waals surface area contributed by atoms with E-state index in [9.17, 15) is 0 Å². The van der Waals surface area contributed by atoms with E-state index in [0.29, 0.717) is 11.7 Å². The minimum Gasteiger partial charge on any atom is -0.495 e. The molecule has 1 N–H and O–H groups in total. The van der Waals surface area contributed by atoms with Crippen molar-refractivity contribution in [2.24, 2.45) is 0 Å². The Kier molecular flexibility index (Phi) is 5.59. The highest BCUT2D eigenvalue weighted by atomic mass is 32.2. The molecule has 4 heteroatoms. The second kappa shape index (κ2) is 7.44. The number of aliphatic hydroxyl groups excluding tert-OH is 1. The van der Waals surface area contributed by atoms with Crippen LogP contribution in [0.2, 0.25) is 0 Å². The van der Waals surface area contributed by atoms with Crippen molar-refractivity contribution >= 4 is 11.8 Å². The second-order valence-electron chi connectivity index (χ2n) is 4.28. The van der Waals surface area contributed by atoms with Crippen molar-refractivity contribution in [3.8, 4) is 17.6 Å². The Morgan fingerprint density at radius 2 is 2.32 bits per heavy atom. The molecule has 1 aromatic rings. The molecule has 0 spiro atoms. The molecule has 0 aliphatic carbocycles. The van der Waals surface area contributed by atoms with Crippen molar-refractivity contribution in [2.75, 3.05) is 26.9 Å². The monoisotopic (exact) mass is 278 g/mol. The minimum absolute atomic E-state index is 0.0898. The molecule has 102 valence electrons. The summed E-state index contributed by atoms with van der Waals surface area (Å²) < 4.78 is 10.5. The highest BCUT2D eigenvalue weighted by molar-refractivity contribution is 7.99. The van der Waals surface area contributed by atoms with E-state index in [1.54, 1.807) is 7.11 Å². The Labute approximate surface area is 118 Å². The van der Waals surface area contributed by atoms with E-state index in [1.807, 2.05) is 17.8 Å². The summed E-state index contributed by atoms with van der Waals surface area (Å²) in [5.74, 6) is 7.73. The van der Waals surface area contributed by atoms with Crippen LogP contribution >= 0.6 is 11.8 Å². The van der Waals surface area contributed by atoms with Gasteiger partial charge in [0.05, 0.1) is 37.7 Å². The number of ether oxygens (including phenoxy) is 2. The second-order valence-corrected chi connectivity index (χ2v) is 5.57. The van der Waals surface area contributed by atoms with Crippen molar-refractivity contribution in [1.29, 1.82) is 0 Å². The molecule has 19 heavy (non-hydrogen) atoms. The lowest BCUT2D eigenvalue weighted by Crippen LogP contribution is -2.30. The molecular weight excluding hydrogens is 260 g/mol. The van der Waals surface area contributed by atoms with Gasteiger partial charge in [0.1, 0.15) is 5.75 Å². The summed E-state index contributed by atoms with van der Waals surface area (Å²) in [5, 5.41) is 9.39. The van der Waals surface area contributed by atoms with Crippen LogP contribution in [-0.4, -0.2) is 37.3 Å². The number of hydrogen-bond donors (Lipinski definition) is 1. The summed E-state index contributed by atoms with van der Waals surface area (Å²) in [6.45, 7) is 1.82. The molecule has 0 aromatic heterocycles. The SMILES string of the molecule is COc1ccc(CSC2COC2)cc1C#CCCO. The number of benzene rings is 1. The third kappa shape index (κ3) is 4.17. The molecule has 3 nitrogen and oxygen atoms in total. The van der Waals surface area contributed by atoms with Gasteiger partial charge >= 0.3 is 0 Å². The summed E-state index contributed by atoms with van der Waals surface area (Å²) in [4.78, 5) is 0. The van der Waals surface area contributed by atoms with Crippen molar-refractivity contribution in [3.05, 3.63) is 29.3 Å². The van der Waals surface area contributed by atoms with Gasteiger partial charge in [0.25, 0.3) is 0 Å². The van der Waals surface area contributed by atoms with Gasteiger partial charge in [0, 0.05) is 12.2 Å². The topological polar surface area (TPSA) is 38.7 Å². The first-order valence-electron chi connectivity index (χ1n) is 6.29. The maximum Gasteiger partial charge on any atom is 0.134 e. The first-order chi connectivity index (χ1) is 9.33. The molecule has 0 amide bonds. The van der Waals surface area contributed by atoms with E-state index in [0.717, 1.165) is 30.3 Å². The molecule has 1 aliphatic heterocycles. The van der Waals surface area contributed by atoms with E-state index in [2.05, 4.69) is 24.0 Å². The molecule has 1 saturated heterocycles. The molecule has 1 aliphatic rings. The molecular formula is C15H18O3S. The average molecular weight is 278 g/mol. The van der Waals surface area contributed by atoms with E-state index < -0.39 is 0 Å². The van der Waals surface area contributed by atoms with Gasteiger partial charge in [-0.05, 0) is 17.7 Å². The fourth-order valence-electron chi connectivity index (χ4n) is 1.68.